The molecule has 0 radical (unpaired) electrons. The summed E-state index contributed by atoms with van der Waals surface area (Å²) < 4.78 is 5.41. The molecule has 2 aromatic rings. The predicted molar refractivity (Wildman–Crippen MR) is 107 cm³/mol. The van der Waals surface area contributed by atoms with E-state index in [0.29, 0.717) is 19.6 Å². The molecule has 2 aromatic carbocycles. The number of rotatable bonds is 6. The summed E-state index contributed by atoms with van der Waals surface area (Å²) in [7, 11) is 1.68. The maximum absolute atomic E-state index is 12.7. The fourth-order valence-corrected chi connectivity index (χ4v) is 3.17. The van der Waals surface area contributed by atoms with E-state index >= 15 is 0 Å². The highest BCUT2D eigenvalue weighted by molar-refractivity contribution is 6.03. The van der Waals surface area contributed by atoms with Gasteiger partial charge in [0.25, 0.3) is 0 Å². The highest BCUT2D eigenvalue weighted by atomic mass is 16.5. The SMILES string of the molecule is CCOc1ccc(/C=C/C(=O)N(C)C2CCN(c3ccccc3)C2=O)cc1. The standard InChI is InChI=1S/C22H24N2O3/c1-3-27-19-12-9-17(10-13-19)11-14-21(25)23(2)20-15-16-24(22(20)26)18-7-5-4-6-8-18/h4-14,20H,3,15-16H2,1-2H3/b14-11+. The van der Waals surface area contributed by atoms with Crippen molar-refractivity contribution in [2.75, 3.05) is 25.1 Å². The van der Waals surface area contributed by atoms with Gasteiger partial charge in [-0.2, -0.15) is 0 Å². The van der Waals surface area contributed by atoms with Crippen LogP contribution < -0.4 is 9.64 Å². The number of hydrogen-bond donors (Lipinski definition) is 0. The average Bonchev–Trinajstić information content (AvgIpc) is 3.09. The second-order valence-corrected chi connectivity index (χ2v) is 6.41. The van der Waals surface area contributed by atoms with E-state index in [-0.39, 0.29) is 11.8 Å². The van der Waals surface area contributed by atoms with Gasteiger partial charge in [0, 0.05) is 25.4 Å². The molecule has 1 fully saturated rings. The Morgan fingerprint density at radius 1 is 1.19 bits per heavy atom. The Morgan fingerprint density at radius 2 is 1.89 bits per heavy atom. The predicted octanol–water partition coefficient (Wildman–Crippen LogP) is 3.36. The summed E-state index contributed by atoms with van der Waals surface area (Å²) in [5.41, 5.74) is 1.78. The van der Waals surface area contributed by atoms with E-state index < -0.39 is 6.04 Å². The normalized spacial score (nSPS) is 16.7. The highest BCUT2D eigenvalue weighted by Gasteiger charge is 2.36. The van der Waals surface area contributed by atoms with Crippen LogP contribution in [0.5, 0.6) is 5.75 Å². The zero-order valence-electron chi connectivity index (χ0n) is 15.7. The molecule has 1 aliphatic heterocycles. The van der Waals surface area contributed by atoms with Gasteiger partial charge in [0.15, 0.2) is 0 Å². The van der Waals surface area contributed by atoms with Gasteiger partial charge in [0.1, 0.15) is 11.8 Å². The molecule has 0 spiro atoms. The summed E-state index contributed by atoms with van der Waals surface area (Å²) in [5, 5.41) is 0. The largest absolute Gasteiger partial charge is 0.494 e. The fourth-order valence-electron chi connectivity index (χ4n) is 3.17. The van der Waals surface area contributed by atoms with E-state index in [9.17, 15) is 9.59 Å². The van der Waals surface area contributed by atoms with Crippen molar-refractivity contribution in [3.8, 4) is 5.75 Å². The van der Waals surface area contributed by atoms with Crippen LogP contribution in [0.15, 0.2) is 60.7 Å². The zero-order chi connectivity index (χ0) is 19.2. The van der Waals surface area contributed by atoms with E-state index in [2.05, 4.69) is 0 Å². The molecule has 5 nitrogen and oxygen atoms in total. The number of hydrogen-bond acceptors (Lipinski definition) is 3. The summed E-state index contributed by atoms with van der Waals surface area (Å²) in [5.74, 6) is 0.583. The molecule has 0 saturated carbocycles. The van der Waals surface area contributed by atoms with Crippen LogP contribution in [-0.4, -0.2) is 43.0 Å². The fraction of sp³-hybridized carbons (Fsp3) is 0.273. The molecular formula is C22H24N2O3. The Labute approximate surface area is 159 Å². The van der Waals surface area contributed by atoms with Crippen LogP contribution in [-0.2, 0) is 9.59 Å². The van der Waals surface area contributed by atoms with Crippen LogP contribution in [0, 0.1) is 0 Å². The van der Waals surface area contributed by atoms with Crippen molar-refractivity contribution >= 4 is 23.6 Å². The van der Waals surface area contributed by atoms with Crippen LogP contribution in [0.3, 0.4) is 0 Å². The van der Waals surface area contributed by atoms with Gasteiger partial charge in [-0.1, -0.05) is 30.3 Å². The van der Waals surface area contributed by atoms with Crippen molar-refractivity contribution in [3.05, 3.63) is 66.2 Å². The van der Waals surface area contributed by atoms with Gasteiger partial charge in [-0.3, -0.25) is 9.59 Å². The van der Waals surface area contributed by atoms with Crippen molar-refractivity contribution in [3.63, 3.8) is 0 Å². The Kier molecular flexibility index (Phi) is 5.91. The number of nitrogens with zero attached hydrogens (tertiary/aromatic N) is 2. The van der Waals surface area contributed by atoms with E-state index in [1.54, 1.807) is 18.0 Å². The van der Waals surface area contributed by atoms with Gasteiger partial charge >= 0.3 is 0 Å². The molecule has 0 aromatic heterocycles. The van der Waals surface area contributed by atoms with Crippen molar-refractivity contribution < 1.29 is 14.3 Å². The number of carbonyl (C=O) groups is 2. The van der Waals surface area contributed by atoms with Crippen molar-refractivity contribution in [1.82, 2.24) is 4.90 Å². The molecule has 0 N–H and O–H groups in total. The minimum Gasteiger partial charge on any atom is -0.494 e. The topological polar surface area (TPSA) is 49.9 Å². The van der Waals surface area contributed by atoms with Gasteiger partial charge in [-0.25, -0.2) is 0 Å². The summed E-state index contributed by atoms with van der Waals surface area (Å²) in [4.78, 5) is 28.5. The van der Waals surface area contributed by atoms with Gasteiger partial charge in [0.2, 0.25) is 11.8 Å². The molecule has 0 bridgehead atoms. The van der Waals surface area contributed by atoms with Crippen molar-refractivity contribution in [2.45, 2.75) is 19.4 Å². The van der Waals surface area contributed by atoms with Crippen LogP contribution >= 0.6 is 0 Å². The molecular weight excluding hydrogens is 340 g/mol. The molecule has 2 amide bonds. The van der Waals surface area contributed by atoms with Crippen LogP contribution in [0.2, 0.25) is 0 Å². The van der Waals surface area contributed by atoms with E-state index in [1.165, 1.54) is 11.0 Å². The second-order valence-electron chi connectivity index (χ2n) is 6.41. The number of likely N-dealkylation sites (N-methyl/N-ethyl adjacent to an activating group) is 1. The molecule has 1 unspecified atom stereocenters. The minimum absolute atomic E-state index is 0.0356. The summed E-state index contributed by atoms with van der Waals surface area (Å²) in [6, 6.07) is 16.7. The number of benzene rings is 2. The Bertz CT molecular complexity index is 815. The molecule has 1 heterocycles. The summed E-state index contributed by atoms with van der Waals surface area (Å²) in [6.45, 7) is 3.17. The molecule has 1 atom stereocenters. The monoisotopic (exact) mass is 364 g/mol. The molecule has 140 valence electrons. The number of anilines is 1. The van der Waals surface area contributed by atoms with Gasteiger partial charge in [-0.05, 0) is 49.2 Å². The first-order valence-corrected chi connectivity index (χ1v) is 9.14. The molecule has 1 saturated heterocycles. The third-order valence-corrected chi connectivity index (χ3v) is 4.67. The van der Waals surface area contributed by atoms with E-state index in [0.717, 1.165) is 17.0 Å². The number of amides is 2. The highest BCUT2D eigenvalue weighted by Crippen LogP contribution is 2.24. The summed E-state index contributed by atoms with van der Waals surface area (Å²) in [6.07, 6.45) is 3.89. The van der Waals surface area contributed by atoms with Gasteiger partial charge in [0.05, 0.1) is 6.61 Å². The quantitative estimate of drug-likeness (QED) is 0.739. The van der Waals surface area contributed by atoms with E-state index in [4.69, 9.17) is 4.74 Å². The Morgan fingerprint density at radius 3 is 2.56 bits per heavy atom. The maximum atomic E-state index is 12.7. The lowest BCUT2D eigenvalue weighted by Crippen LogP contribution is -2.42. The molecule has 3 rings (SSSR count). The molecule has 5 heteroatoms. The number of carbonyl (C=O) groups excluding carboxylic acids is 2. The average molecular weight is 364 g/mol. The maximum Gasteiger partial charge on any atom is 0.249 e. The first kappa shape index (κ1) is 18.7. The lowest BCUT2D eigenvalue weighted by Gasteiger charge is -2.23. The van der Waals surface area contributed by atoms with Gasteiger partial charge in [-0.15, -0.1) is 0 Å². The third kappa shape index (κ3) is 4.37. The van der Waals surface area contributed by atoms with Gasteiger partial charge < -0.3 is 14.5 Å². The Balaban J connectivity index is 1.62. The van der Waals surface area contributed by atoms with Crippen LogP contribution in [0.1, 0.15) is 18.9 Å². The first-order valence-electron chi connectivity index (χ1n) is 9.14. The van der Waals surface area contributed by atoms with Crippen LogP contribution in [0.25, 0.3) is 6.08 Å². The van der Waals surface area contributed by atoms with Crippen molar-refractivity contribution in [1.29, 1.82) is 0 Å². The smallest absolute Gasteiger partial charge is 0.249 e. The number of para-hydroxylation sites is 1. The first-order chi connectivity index (χ1) is 13.1. The lowest BCUT2D eigenvalue weighted by molar-refractivity contribution is -0.132. The second kappa shape index (κ2) is 8.54. The third-order valence-electron chi connectivity index (χ3n) is 4.67. The lowest BCUT2D eigenvalue weighted by atomic mass is 10.2. The zero-order valence-corrected chi connectivity index (χ0v) is 15.7. The van der Waals surface area contributed by atoms with Crippen LogP contribution in [0.4, 0.5) is 5.69 Å². The Hall–Kier alpha value is -3.08. The van der Waals surface area contributed by atoms with E-state index in [1.807, 2.05) is 61.5 Å². The molecule has 1 aliphatic rings. The minimum atomic E-state index is -0.428. The number of ether oxygens (including phenoxy) is 1. The molecule has 27 heavy (non-hydrogen) atoms. The van der Waals surface area contributed by atoms with Crippen molar-refractivity contribution in [2.24, 2.45) is 0 Å². The summed E-state index contributed by atoms with van der Waals surface area (Å²) >= 11 is 0. The molecule has 0 aliphatic carbocycles.